The lowest BCUT2D eigenvalue weighted by atomic mass is 10.2. The Hall–Kier alpha value is -3.17. The van der Waals surface area contributed by atoms with Crippen molar-refractivity contribution >= 4 is 15.8 Å². The number of nitrogens with one attached hydrogen (secondary N) is 1. The van der Waals surface area contributed by atoms with Crippen molar-refractivity contribution in [2.24, 2.45) is 0 Å². The summed E-state index contributed by atoms with van der Waals surface area (Å²) in [6.45, 7) is 3.66. The molecule has 1 aromatic heterocycles. The Kier molecular flexibility index (Phi) is 8.02. The van der Waals surface area contributed by atoms with E-state index in [9.17, 15) is 8.42 Å². The second-order valence-corrected chi connectivity index (χ2v) is 9.25. The number of aromatic nitrogens is 2. The average Bonchev–Trinajstić information content (AvgIpc) is 2.76. The van der Waals surface area contributed by atoms with E-state index in [0.29, 0.717) is 6.61 Å². The standard InChI is InChI=1S/C23H28N4O4S/c1-18-8-10-21(11-9-18)32(28,29)26-22-23(25-13-12-24-22)31-17-19-6-4-7-20(16-19)30-15-5-14-27(2)3/h4,6-13,16H,5,14-15,17H2,1-3H3,(H,24,26). The molecular weight excluding hydrogens is 428 g/mol. The van der Waals surface area contributed by atoms with E-state index in [-0.39, 0.29) is 23.2 Å². The summed E-state index contributed by atoms with van der Waals surface area (Å²) in [6, 6.07) is 14.1. The fraction of sp³-hybridized carbons (Fsp3) is 0.304. The zero-order valence-corrected chi connectivity index (χ0v) is 19.3. The van der Waals surface area contributed by atoms with Crippen molar-refractivity contribution in [2.45, 2.75) is 24.8 Å². The molecule has 2 aromatic carbocycles. The number of hydrogen-bond donors (Lipinski definition) is 1. The van der Waals surface area contributed by atoms with Gasteiger partial charge in [0.2, 0.25) is 5.82 Å². The van der Waals surface area contributed by atoms with Crippen LogP contribution in [0.4, 0.5) is 5.82 Å². The van der Waals surface area contributed by atoms with Crippen LogP contribution in [0.1, 0.15) is 17.5 Å². The fourth-order valence-electron chi connectivity index (χ4n) is 2.85. The zero-order chi connectivity index (χ0) is 23.0. The van der Waals surface area contributed by atoms with Crippen LogP contribution in [-0.2, 0) is 16.6 Å². The minimum atomic E-state index is -3.82. The lowest BCUT2D eigenvalue weighted by molar-refractivity contribution is 0.277. The number of hydrogen-bond acceptors (Lipinski definition) is 7. The zero-order valence-electron chi connectivity index (χ0n) is 18.5. The highest BCUT2D eigenvalue weighted by Gasteiger charge is 2.18. The summed E-state index contributed by atoms with van der Waals surface area (Å²) in [4.78, 5) is 10.5. The Morgan fingerprint density at radius 2 is 1.75 bits per heavy atom. The highest BCUT2D eigenvalue weighted by Crippen LogP contribution is 2.23. The second kappa shape index (κ2) is 10.9. The van der Waals surface area contributed by atoms with E-state index in [1.807, 2.05) is 45.3 Å². The Bertz CT molecular complexity index is 1120. The summed E-state index contributed by atoms with van der Waals surface area (Å²) in [7, 11) is 0.237. The molecule has 0 saturated carbocycles. The van der Waals surface area contributed by atoms with Gasteiger partial charge in [0.25, 0.3) is 15.9 Å². The number of sulfonamides is 1. The molecule has 0 atom stereocenters. The van der Waals surface area contributed by atoms with Crippen LogP contribution in [0.2, 0.25) is 0 Å². The van der Waals surface area contributed by atoms with Crippen molar-refractivity contribution in [2.75, 3.05) is 32.0 Å². The average molecular weight is 457 g/mol. The maximum atomic E-state index is 12.7. The number of anilines is 1. The van der Waals surface area contributed by atoms with Gasteiger partial charge in [-0.1, -0.05) is 29.8 Å². The summed E-state index contributed by atoms with van der Waals surface area (Å²) in [5.41, 5.74) is 1.84. The van der Waals surface area contributed by atoms with E-state index in [4.69, 9.17) is 9.47 Å². The maximum absolute atomic E-state index is 12.7. The molecule has 3 aromatic rings. The molecule has 1 N–H and O–H groups in total. The van der Waals surface area contributed by atoms with Crippen molar-refractivity contribution in [1.82, 2.24) is 14.9 Å². The molecule has 170 valence electrons. The molecule has 3 rings (SSSR count). The lowest BCUT2D eigenvalue weighted by Gasteiger charge is -2.13. The third-order valence-corrected chi connectivity index (χ3v) is 5.87. The van der Waals surface area contributed by atoms with E-state index in [1.165, 1.54) is 12.4 Å². The number of nitrogens with zero attached hydrogens (tertiary/aromatic N) is 3. The van der Waals surface area contributed by atoms with Gasteiger partial charge in [-0.15, -0.1) is 0 Å². The first kappa shape index (κ1) is 23.5. The summed E-state index contributed by atoms with van der Waals surface area (Å²) < 4.78 is 39.4. The number of rotatable bonds is 11. The van der Waals surface area contributed by atoms with E-state index in [1.54, 1.807) is 24.3 Å². The van der Waals surface area contributed by atoms with Gasteiger partial charge in [0.05, 0.1) is 11.5 Å². The lowest BCUT2D eigenvalue weighted by Crippen LogP contribution is -2.15. The molecule has 1 heterocycles. The first-order chi connectivity index (χ1) is 15.3. The van der Waals surface area contributed by atoms with Gasteiger partial charge in [0, 0.05) is 18.9 Å². The number of aryl methyl sites for hydroxylation is 1. The summed E-state index contributed by atoms with van der Waals surface area (Å²) in [5, 5.41) is 0. The highest BCUT2D eigenvalue weighted by molar-refractivity contribution is 7.92. The summed E-state index contributed by atoms with van der Waals surface area (Å²) in [6.07, 6.45) is 3.78. The summed E-state index contributed by atoms with van der Waals surface area (Å²) >= 11 is 0. The first-order valence-electron chi connectivity index (χ1n) is 10.2. The molecular formula is C23H28N4O4S. The van der Waals surface area contributed by atoms with Crippen molar-refractivity contribution < 1.29 is 17.9 Å². The molecule has 0 unspecified atom stereocenters. The highest BCUT2D eigenvalue weighted by atomic mass is 32.2. The Labute approximate surface area is 189 Å². The summed E-state index contributed by atoms with van der Waals surface area (Å²) in [5.74, 6) is 0.883. The molecule has 0 amide bonds. The minimum absolute atomic E-state index is 0.0316. The number of ether oxygens (including phenoxy) is 2. The molecule has 32 heavy (non-hydrogen) atoms. The van der Waals surface area contributed by atoms with E-state index in [2.05, 4.69) is 19.6 Å². The molecule has 0 fully saturated rings. The van der Waals surface area contributed by atoms with Gasteiger partial charge in [0.15, 0.2) is 0 Å². The Balaban J connectivity index is 1.64. The van der Waals surface area contributed by atoms with Crippen LogP contribution in [0.25, 0.3) is 0 Å². The predicted octanol–water partition coefficient (Wildman–Crippen LogP) is 3.50. The van der Waals surface area contributed by atoms with Gasteiger partial charge in [-0.05, 0) is 57.3 Å². The first-order valence-corrected chi connectivity index (χ1v) is 11.7. The smallest absolute Gasteiger partial charge is 0.263 e. The van der Waals surface area contributed by atoms with Crippen molar-refractivity contribution in [1.29, 1.82) is 0 Å². The van der Waals surface area contributed by atoms with Gasteiger partial charge < -0.3 is 14.4 Å². The molecule has 0 bridgehead atoms. The van der Waals surface area contributed by atoms with Crippen molar-refractivity contribution in [3.05, 3.63) is 72.1 Å². The van der Waals surface area contributed by atoms with Gasteiger partial charge in [-0.25, -0.2) is 18.4 Å². The molecule has 0 radical (unpaired) electrons. The van der Waals surface area contributed by atoms with E-state index < -0.39 is 10.0 Å². The van der Waals surface area contributed by atoms with Gasteiger partial charge >= 0.3 is 0 Å². The monoisotopic (exact) mass is 456 g/mol. The van der Waals surface area contributed by atoms with E-state index in [0.717, 1.165) is 29.8 Å². The van der Waals surface area contributed by atoms with Crippen LogP contribution in [0, 0.1) is 6.92 Å². The second-order valence-electron chi connectivity index (χ2n) is 7.57. The Morgan fingerprint density at radius 3 is 2.50 bits per heavy atom. The third kappa shape index (κ3) is 6.93. The SMILES string of the molecule is Cc1ccc(S(=O)(=O)Nc2nccnc2OCc2cccc(OCCCN(C)C)c2)cc1. The van der Waals surface area contributed by atoms with Gasteiger partial charge in [-0.2, -0.15) is 0 Å². The molecule has 9 heteroatoms. The third-order valence-electron chi connectivity index (χ3n) is 4.52. The topological polar surface area (TPSA) is 93.7 Å². The van der Waals surface area contributed by atoms with Gasteiger partial charge in [0.1, 0.15) is 12.4 Å². The van der Waals surface area contributed by atoms with Crippen molar-refractivity contribution in [3.63, 3.8) is 0 Å². The molecule has 0 saturated heterocycles. The minimum Gasteiger partial charge on any atom is -0.494 e. The van der Waals surface area contributed by atoms with Crippen LogP contribution in [0.15, 0.2) is 65.8 Å². The quantitative estimate of drug-likeness (QED) is 0.441. The van der Waals surface area contributed by atoms with E-state index >= 15 is 0 Å². The predicted molar refractivity (Wildman–Crippen MR) is 123 cm³/mol. The van der Waals surface area contributed by atoms with Gasteiger partial charge in [-0.3, -0.25) is 4.72 Å². The van der Waals surface area contributed by atoms with Crippen LogP contribution >= 0.6 is 0 Å². The normalized spacial score (nSPS) is 11.4. The Morgan fingerprint density at radius 1 is 1.00 bits per heavy atom. The van der Waals surface area contributed by atoms with Crippen LogP contribution in [0.3, 0.4) is 0 Å². The van der Waals surface area contributed by atoms with Crippen LogP contribution in [-0.4, -0.2) is 50.5 Å². The molecule has 0 aliphatic heterocycles. The molecule has 0 spiro atoms. The van der Waals surface area contributed by atoms with Crippen LogP contribution in [0.5, 0.6) is 11.6 Å². The molecule has 8 nitrogen and oxygen atoms in total. The van der Waals surface area contributed by atoms with Crippen LogP contribution < -0.4 is 14.2 Å². The fourth-order valence-corrected chi connectivity index (χ4v) is 3.86. The maximum Gasteiger partial charge on any atom is 0.263 e. The molecule has 0 aliphatic carbocycles. The van der Waals surface area contributed by atoms with Crippen molar-refractivity contribution in [3.8, 4) is 11.6 Å². The molecule has 0 aliphatic rings. The number of benzene rings is 2. The largest absolute Gasteiger partial charge is 0.494 e.